The summed E-state index contributed by atoms with van der Waals surface area (Å²) < 4.78 is 17.6. The quantitative estimate of drug-likeness (QED) is 0.496. The van der Waals surface area contributed by atoms with Crippen molar-refractivity contribution in [2.24, 2.45) is 0 Å². The summed E-state index contributed by atoms with van der Waals surface area (Å²) >= 11 is 3.38. The monoisotopic (exact) mass is 432 g/mol. The summed E-state index contributed by atoms with van der Waals surface area (Å²) in [5.74, 6) is 0.199. The maximum atomic E-state index is 12.2. The number of carbonyl (C=O) groups is 1. The Morgan fingerprint density at radius 2 is 1.93 bits per heavy atom. The molecule has 3 rings (SSSR count). The summed E-state index contributed by atoms with van der Waals surface area (Å²) in [5, 5.41) is 15.2. The summed E-state index contributed by atoms with van der Waals surface area (Å²) in [6, 6.07) is 13.1. The highest BCUT2D eigenvalue weighted by atomic mass is 79.9. The molecule has 0 atom stereocenters. The standard InChI is InChI=1S/C18H14BrFN4O3/c19-15-9-21-18(23-13-3-1-2-11(8-13)17(25)26)24-16(15)22-12-4-6-14(7-5-12)27-10-20/h1-9H,10H2,(H,25,26)(H2,21,22,23,24). The number of anilines is 4. The molecule has 1 heterocycles. The third-order valence-corrected chi connectivity index (χ3v) is 4.03. The predicted molar refractivity (Wildman–Crippen MR) is 103 cm³/mol. The highest BCUT2D eigenvalue weighted by Crippen LogP contribution is 2.26. The fourth-order valence-electron chi connectivity index (χ4n) is 2.21. The van der Waals surface area contributed by atoms with Crippen LogP contribution in [0.15, 0.2) is 59.2 Å². The van der Waals surface area contributed by atoms with E-state index in [1.54, 1.807) is 42.6 Å². The molecule has 0 saturated carbocycles. The van der Waals surface area contributed by atoms with Gasteiger partial charge in [0.1, 0.15) is 11.6 Å². The van der Waals surface area contributed by atoms with E-state index < -0.39 is 12.8 Å². The van der Waals surface area contributed by atoms with Crippen LogP contribution < -0.4 is 15.4 Å². The number of nitrogens with zero attached hydrogens (tertiary/aromatic N) is 2. The van der Waals surface area contributed by atoms with Crippen molar-refractivity contribution in [3.05, 3.63) is 64.8 Å². The number of nitrogens with one attached hydrogen (secondary N) is 2. The number of carboxylic acid groups (broad SMARTS) is 1. The number of hydrogen-bond acceptors (Lipinski definition) is 6. The predicted octanol–water partition coefficient (Wildman–Crippen LogP) is 4.73. The van der Waals surface area contributed by atoms with E-state index in [2.05, 4.69) is 36.5 Å². The summed E-state index contributed by atoms with van der Waals surface area (Å²) in [7, 11) is 0. The minimum Gasteiger partial charge on any atom is -0.478 e. The minimum atomic E-state index is -1.02. The SMILES string of the molecule is O=C(O)c1cccc(Nc2ncc(Br)c(Nc3ccc(OCF)cc3)n2)c1. The van der Waals surface area contributed by atoms with E-state index in [0.717, 1.165) is 5.69 Å². The first kappa shape index (κ1) is 18.6. The van der Waals surface area contributed by atoms with Gasteiger partial charge in [0.05, 0.1) is 10.0 Å². The van der Waals surface area contributed by atoms with Crippen LogP contribution in [0.5, 0.6) is 5.75 Å². The topological polar surface area (TPSA) is 96.4 Å². The second kappa shape index (κ2) is 8.45. The lowest BCUT2D eigenvalue weighted by Crippen LogP contribution is -2.03. The van der Waals surface area contributed by atoms with E-state index in [9.17, 15) is 9.18 Å². The van der Waals surface area contributed by atoms with Crippen LogP contribution in [-0.4, -0.2) is 27.9 Å². The highest BCUT2D eigenvalue weighted by molar-refractivity contribution is 9.10. The van der Waals surface area contributed by atoms with Crippen LogP contribution in [0.25, 0.3) is 0 Å². The molecule has 9 heteroatoms. The van der Waals surface area contributed by atoms with Gasteiger partial charge >= 0.3 is 5.97 Å². The molecule has 0 amide bonds. The number of benzene rings is 2. The molecule has 1 aromatic heterocycles. The zero-order valence-corrected chi connectivity index (χ0v) is 15.4. The average Bonchev–Trinajstić information content (AvgIpc) is 2.66. The summed E-state index contributed by atoms with van der Waals surface area (Å²) in [6.45, 7) is -0.887. The molecule has 0 aliphatic carbocycles. The Hall–Kier alpha value is -3.20. The third kappa shape index (κ3) is 4.91. The van der Waals surface area contributed by atoms with Gasteiger partial charge in [0.15, 0.2) is 0 Å². The zero-order chi connectivity index (χ0) is 19.2. The van der Waals surface area contributed by atoms with Crippen LogP contribution in [0.1, 0.15) is 10.4 Å². The normalized spacial score (nSPS) is 10.3. The largest absolute Gasteiger partial charge is 0.478 e. The first-order chi connectivity index (χ1) is 13.0. The molecule has 27 heavy (non-hydrogen) atoms. The first-order valence-corrected chi connectivity index (χ1v) is 8.53. The number of rotatable bonds is 7. The molecule has 0 aliphatic heterocycles. The molecule has 0 saturated heterocycles. The van der Waals surface area contributed by atoms with Crippen molar-refractivity contribution in [2.75, 3.05) is 17.5 Å². The van der Waals surface area contributed by atoms with Crippen LogP contribution in [0.4, 0.5) is 27.5 Å². The highest BCUT2D eigenvalue weighted by Gasteiger charge is 2.08. The second-order valence-electron chi connectivity index (χ2n) is 5.30. The lowest BCUT2D eigenvalue weighted by Gasteiger charge is -2.11. The number of ether oxygens (including phenoxy) is 1. The summed E-state index contributed by atoms with van der Waals surface area (Å²) in [5.41, 5.74) is 1.43. The molecule has 0 unspecified atom stereocenters. The maximum Gasteiger partial charge on any atom is 0.335 e. The maximum absolute atomic E-state index is 12.2. The van der Waals surface area contributed by atoms with Crippen molar-refractivity contribution in [1.82, 2.24) is 9.97 Å². The van der Waals surface area contributed by atoms with Gasteiger partial charge in [-0.1, -0.05) is 6.07 Å². The number of aromatic carboxylic acids is 1. The summed E-state index contributed by atoms with van der Waals surface area (Å²) in [6.07, 6.45) is 1.57. The molecular weight excluding hydrogens is 419 g/mol. The van der Waals surface area contributed by atoms with E-state index in [1.165, 1.54) is 12.1 Å². The van der Waals surface area contributed by atoms with Gasteiger partial charge in [-0.25, -0.2) is 14.2 Å². The van der Waals surface area contributed by atoms with Gasteiger partial charge in [-0.2, -0.15) is 4.98 Å². The van der Waals surface area contributed by atoms with Crippen LogP contribution >= 0.6 is 15.9 Å². The van der Waals surface area contributed by atoms with E-state index in [4.69, 9.17) is 9.84 Å². The van der Waals surface area contributed by atoms with Gasteiger partial charge < -0.3 is 20.5 Å². The van der Waals surface area contributed by atoms with Crippen molar-refractivity contribution in [1.29, 1.82) is 0 Å². The first-order valence-electron chi connectivity index (χ1n) is 7.74. The minimum absolute atomic E-state index is 0.158. The Morgan fingerprint density at radius 1 is 1.15 bits per heavy atom. The van der Waals surface area contributed by atoms with Gasteiger partial charge in [-0.05, 0) is 58.4 Å². The van der Waals surface area contributed by atoms with Gasteiger partial charge in [0.2, 0.25) is 12.8 Å². The van der Waals surface area contributed by atoms with Crippen molar-refractivity contribution < 1.29 is 19.0 Å². The molecule has 0 fully saturated rings. The molecule has 7 nitrogen and oxygen atoms in total. The Labute approximate surface area is 162 Å². The molecule has 0 aliphatic rings. The Balaban J connectivity index is 1.78. The van der Waals surface area contributed by atoms with Crippen molar-refractivity contribution in [2.45, 2.75) is 0 Å². The van der Waals surface area contributed by atoms with Crippen LogP contribution in [0.2, 0.25) is 0 Å². The van der Waals surface area contributed by atoms with Crippen LogP contribution in [0.3, 0.4) is 0 Å². The Bertz CT molecular complexity index is 954. The van der Waals surface area contributed by atoms with Gasteiger partial charge in [-0.3, -0.25) is 0 Å². The van der Waals surface area contributed by atoms with Gasteiger partial charge in [-0.15, -0.1) is 0 Å². The molecule has 0 spiro atoms. The number of hydrogen-bond donors (Lipinski definition) is 3. The molecule has 3 aromatic rings. The van der Waals surface area contributed by atoms with Crippen LogP contribution in [-0.2, 0) is 0 Å². The summed E-state index contributed by atoms with van der Waals surface area (Å²) in [4.78, 5) is 19.6. The Morgan fingerprint density at radius 3 is 2.63 bits per heavy atom. The van der Waals surface area contributed by atoms with E-state index in [-0.39, 0.29) is 5.56 Å². The third-order valence-electron chi connectivity index (χ3n) is 3.45. The molecule has 138 valence electrons. The number of halogens is 2. The van der Waals surface area contributed by atoms with Crippen molar-refractivity contribution in [3.8, 4) is 5.75 Å². The lowest BCUT2D eigenvalue weighted by molar-refractivity contribution is 0.0697. The molecular formula is C18H14BrFN4O3. The lowest BCUT2D eigenvalue weighted by atomic mass is 10.2. The number of alkyl halides is 1. The molecule has 3 N–H and O–H groups in total. The van der Waals surface area contributed by atoms with E-state index in [0.29, 0.717) is 27.7 Å². The van der Waals surface area contributed by atoms with E-state index >= 15 is 0 Å². The average molecular weight is 433 g/mol. The van der Waals surface area contributed by atoms with Crippen LogP contribution in [0, 0.1) is 0 Å². The molecule has 0 bridgehead atoms. The number of carboxylic acids is 1. The second-order valence-corrected chi connectivity index (χ2v) is 6.16. The smallest absolute Gasteiger partial charge is 0.335 e. The fourth-order valence-corrected chi connectivity index (χ4v) is 2.50. The molecule has 2 aromatic carbocycles. The number of aromatic nitrogens is 2. The van der Waals surface area contributed by atoms with Gasteiger partial charge in [0.25, 0.3) is 0 Å². The van der Waals surface area contributed by atoms with Gasteiger partial charge in [0, 0.05) is 17.6 Å². The van der Waals surface area contributed by atoms with Crippen molar-refractivity contribution in [3.63, 3.8) is 0 Å². The van der Waals surface area contributed by atoms with E-state index in [1.807, 2.05) is 0 Å². The fraction of sp³-hybridized carbons (Fsp3) is 0.0556. The Kier molecular flexibility index (Phi) is 5.82. The van der Waals surface area contributed by atoms with Crippen molar-refractivity contribution >= 4 is 45.0 Å². The zero-order valence-electron chi connectivity index (χ0n) is 13.8. The molecule has 0 radical (unpaired) electrons.